The predicted molar refractivity (Wildman–Crippen MR) is 211 cm³/mol. The molecule has 2 saturated heterocycles. The number of benzene rings is 4. The Hall–Kier alpha value is -4.97. The number of hydrogen-bond donors (Lipinski definition) is 1. The van der Waals surface area contributed by atoms with E-state index in [2.05, 4.69) is 32.2 Å². The fourth-order valence-corrected chi connectivity index (χ4v) is 12.9. The van der Waals surface area contributed by atoms with Gasteiger partial charge >= 0.3 is 0 Å². The lowest BCUT2D eigenvalue weighted by molar-refractivity contribution is -0.150. The van der Waals surface area contributed by atoms with Crippen LogP contribution in [-0.4, -0.2) is 75.8 Å². The number of ether oxygens (including phenoxy) is 3. The Morgan fingerprint density at radius 1 is 0.926 bits per heavy atom. The maximum atomic E-state index is 15.3. The zero-order valence-electron chi connectivity index (χ0n) is 31.7. The number of hydrogen-bond acceptors (Lipinski definition) is 7. The molecular formula is C43H49N3O7Si. The van der Waals surface area contributed by atoms with Crippen molar-refractivity contribution in [3.05, 3.63) is 114 Å². The van der Waals surface area contributed by atoms with Crippen molar-refractivity contribution in [1.82, 2.24) is 4.90 Å². The van der Waals surface area contributed by atoms with Crippen LogP contribution in [0.3, 0.4) is 0 Å². The molecule has 0 bridgehead atoms. The molecule has 1 spiro atoms. The summed E-state index contributed by atoms with van der Waals surface area (Å²) in [6.07, 6.45) is -0.0152. The number of nitrogens with zero attached hydrogens (tertiary/aromatic N) is 3. The summed E-state index contributed by atoms with van der Waals surface area (Å²) in [5.74, 6) is 0.806. The van der Waals surface area contributed by atoms with Crippen molar-refractivity contribution in [3.63, 3.8) is 0 Å². The van der Waals surface area contributed by atoms with Crippen LogP contribution in [0.2, 0.25) is 18.6 Å². The van der Waals surface area contributed by atoms with E-state index < -0.39 is 19.8 Å². The lowest BCUT2D eigenvalue weighted by Crippen LogP contribution is -2.52. The van der Waals surface area contributed by atoms with Crippen molar-refractivity contribution in [2.45, 2.75) is 63.2 Å². The van der Waals surface area contributed by atoms with Crippen LogP contribution in [0.1, 0.15) is 36.5 Å². The molecular weight excluding hydrogens is 699 g/mol. The molecule has 4 aromatic rings. The van der Waals surface area contributed by atoms with Crippen LogP contribution >= 0.6 is 0 Å². The van der Waals surface area contributed by atoms with Gasteiger partial charge < -0.3 is 34.0 Å². The molecule has 0 saturated carbocycles. The Kier molecular flexibility index (Phi) is 10.4. The minimum atomic E-state index is -2.53. The fourth-order valence-electron chi connectivity index (χ4n) is 8.89. The number of aliphatic hydroxyl groups excluding tert-OH is 1. The molecule has 10 nitrogen and oxygen atoms in total. The summed E-state index contributed by atoms with van der Waals surface area (Å²) in [5, 5.41) is 11.2. The molecule has 11 heteroatoms. The quantitative estimate of drug-likeness (QED) is 0.140. The minimum absolute atomic E-state index is 0.0503. The van der Waals surface area contributed by atoms with Crippen LogP contribution in [-0.2, 0) is 37.8 Å². The monoisotopic (exact) mass is 747 g/mol. The normalized spacial score (nSPS) is 22.0. The second-order valence-electron chi connectivity index (χ2n) is 15.1. The Balaban J connectivity index is 1.29. The topological polar surface area (TPSA) is 109 Å². The maximum Gasteiger partial charge on any atom is 0.264 e. The highest BCUT2D eigenvalue weighted by atomic mass is 28.3. The summed E-state index contributed by atoms with van der Waals surface area (Å²) in [6, 6.07) is 31.4. The molecule has 282 valence electrons. The van der Waals surface area contributed by atoms with Gasteiger partial charge in [-0.15, -0.1) is 0 Å². The molecule has 54 heavy (non-hydrogen) atoms. The number of amides is 3. The van der Waals surface area contributed by atoms with Gasteiger partial charge in [-0.25, -0.2) is 0 Å². The smallest absolute Gasteiger partial charge is 0.264 e. The Bertz CT molecular complexity index is 2020. The first-order valence-corrected chi connectivity index (χ1v) is 21.7. The molecule has 7 rings (SSSR count). The summed E-state index contributed by atoms with van der Waals surface area (Å²) in [6.45, 7) is 8.00. The largest absolute Gasteiger partial charge is 0.497 e. The number of anilines is 2. The number of carbonyl (C=O) groups is 3. The van der Waals surface area contributed by atoms with Crippen molar-refractivity contribution in [1.29, 1.82) is 0 Å². The lowest BCUT2D eigenvalue weighted by Gasteiger charge is -2.37. The third-order valence-electron chi connectivity index (χ3n) is 11.8. The Morgan fingerprint density at radius 2 is 1.63 bits per heavy atom. The van der Waals surface area contributed by atoms with Crippen molar-refractivity contribution in [3.8, 4) is 11.5 Å². The van der Waals surface area contributed by atoms with E-state index in [1.54, 1.807) is 28.9 Å². The highest BCUT2D eigenvalue weighted by Crippen LogP contribution is 2.60. The summed E-state index contributed by atoms with van der Waals surface area (Å²) in [4.78, 5) is 47.2. The second kappa shape index (κ2) is 15.0. The maximum absolute atomic E-state index is 15.3. The molecule has 4 atom stereocenters. The number of rotatable bonds is 13. The van der Waals surface area contributed by atoms with E-state index in [4.69, 9.17) is 14.2 Å². The molecule has 1 N–H and O–H groups in total. The molecule has 0 radical (unpaired) electrons. The van der Waals surface area contributed by atoms with E-state index in [-0.39, 0.29) is 55.3 Å². The van der Waals surface area contributed by atoms with Gasteiger partial charge in [-0.2, -0.15) is 0 Å². The lowest BCUT2D eigenvalue weighted by atomic mass is 9.82. The number of fused-ring (bicyclic) bond motifs is 2. The van der Waals surface area contributed by atoms with Crippen molar-refractivity contribution in [2.24, 2.45) is 5.92 Å². The van der Waals surface area contributed by atoms with Gasteiger partial charge in [-0.05, 0) is 59.1 Å². The molecule has 3 aliphatic rings. The average Bonchev–Trinajstić information content (AvgIpc) is 3.60. The third kappa shape index (κ3) is 6.58. The molecule has 2 fully saturated rings. The van der Waals surface area contributed by atoms with Gasteiger partial charge in [0, 0.05) is 43.2 Å². The summed E-state index contributed by atoms with van der Waals surface area (Å²) in [7, 11) is 0.725. The standard InChI is InChI=1S/C43H49N3O7Si/c1-29-41(54(4,5)35-17-14-33(51-2)15-18-35)38(26-40(49)44(22-23-47)27-30-10-7-6-8-11-30)53-43(29)36-25-34(52-3)16-19-37(36)46(42(43)50)28-31-12-9-13-32(24-31)45-21-20-39(45)48/h6-19,24-25,29,38,41,47H,20-23,26-28H2,1-5H3/t29-,38+,41-,43+/m1/s1. The molecule has 3 heterocycles. The van der Waals surface area contributed by atoms with Crippen LogP contribution in [0.5, 0.6) is 11.5 Å². The average molecular weight is 748 g/mol. The molecule has 3 amide bonds. The van der Waals surface area contributed by atoms with Gasteiger partial charge in [0.25, 0.3) is 5.91 Å². The van der Waals surface area contributed by atoms with Crippen LogP contribution < -0.4 is 24.5 Å². The molecule has 0 unspecified atom stereocenters. The van der Waals surface area contributed by atoms with E-state index in [9.17, 15) is 14.7 Å². The Morgan fingerprint density at radius 3 is 2.28 bits per heavy atom. The van der Waals surface area contributed by atoms with Gasteiger partial charge in [-0.1, -0.05) is 79.8 Å². The zero-order chi connectivity index (χ0) is 38.2. The molecule has 3 aliphatic heterocycles. The first-order chi connectivity index (χ1) is 26.0. The van der Waals surface area contributed by atoms with Gasteiger partial charge in [0.2, 0.25) is 11.8 Å². The summed E-state index contributed by atoms with van der Waals surface area (Å²) < 4.78 is 18.5. The van der Waals surface area contributed by atoms with Crippen molar-refractivity contribution < 1.29 is 33.7 Å². The predicted octanol–water partition coefficient (Wildman–Crippen LogP) is 5.61. The highest BCUT2D eigenvalue weighted by molar-refractivity contribution is 6.91. The van der Waals surface area contributed by atoms with Gasteiger partial charge in [0.1, 0.15) is 11.5 Å². The number of aliphatic hydroxyl groups is 1. The van der Waals surface area contributed by atoms with Gasteiger partial charge in [0.05, 0.1) is 53.7 Å². The van der Waals surface area contributed by atoms with E-state index in [1.807, 2.05) is 84.9 Å². The van der Waals surface area contributed by atoms with Gasteiger partial charge in [0.15, 0.2) is 5.60 Å². The second-order valence-corrected chi connectivity index (χ2v) is 19.8. The first-order valence-electron chi connectivity index (χ1n) is 18.7. The fraction of sp³-hybridized carbons (Fsp3) is 0.372. The molecule has 0 aliphatic carbocycles. The van der Waals surface area contributed by atoms with Gasteiger partial charge in [-0.3, -0.25) is 14.4 Å². The molecule has 4 aromatic carbocycles. The van der Waals surface area contributed by atoms with E-state index in [0.717, 1.165) is 33.8 Å². The van der Waals surface area contributed by atoms with Crippen molar-refractivity contribution >= 4 is 42.4 Å². The van der Waals surface area contributed by atoms with Crippen LogP contribution in [0.4, 0.5) is 11.4 Å². The van der Waals surface area contributed by atoms with E-state index >= 15 is 4.79 Å². The molecule has 0 aromatic heterocycles. The van der Waals surface area contributed by atoms with Crippen molar-refractivity contribution in [2.75, 3.05) is 43.7 Å². The first kappa shape index (κ1) is 37.3. The zero-order valence-corrected chi connectivity index (χ0v) is 32.7. The number of carbonyl (C=O) groups excluding carboxylic acids is 3. The SMILES string of the molecule is COc1ccc([Si](C)(C)[C@H]2[C@H](CC(=O)N(CCO)Cc3ccccc3)O[C@@]3(C(=O)N(Cc4cccc(N5CCC5=O)c4)c4ccc(OC)cc43)[C@@H]2C)cc1. The van der Waals surface area contributed by atoms with E-state index in [0.29, 0.717) is 25.3 Å². The van der Waals surface area contributed by atoms with Crippen LogP contribution in [0.25, 0.3) is 0 Å². The Labute approximate surface area is 318 Å². The summed E-state index contributed by atoms with van der Waals surface area (Å²) in [5.41, 5.74) is 2.59. The number of methoxy groups -OCH3 is 2. The van der Waals surface area contributed by atoms with E-state index in [1.165, 1.54) is 5.19 Å². The minimum Gasteiger partial charge on any atom is -0.497 e. The highest BCUT2D eigenvalue weighted by Gasteiger charge is 2.66. The van der Waals surface area contributed by atoms with Crippen LogP contribution in [0.15, 0.2) is 97.1 Å². The summed E-state index contributed by atoms with van der Waals surface area (Å²) >= 11 is 0. The number of β-lactam (4-membered cyclic amide) rings is 1. The van der Waals surface area contributed by atoms with Crippen LogP contribution in [0, 0.1) is 5.92 Å². The third-order valence-corrected chi connectivity index (χ3v) is 16.1.